The Balaban J connectivity index is 0.794. The molecule has 0 bridgehead atoms. The van der Waals surface area contributed by atoms with Gasteiger partial charge in [0.15, 0.2) is 5.82 Å². The fourth-order valence-corrected chi connectivity index (χ4v) is 10.1. The van der Waals surface area contributed by atoms with E-state index < -0.39 is 19.1 Å². The largest absolute Gasteiger partial charge is 0.494 e. The number of imide groups is 1. The zero-order valence-corrected chi connectivity index (χ0v) is 36.8. The number of benzene rings is 3. The van der Waals surface area contributed by atoms with E-state index in [0.29, 0.717) is 83.3 Å². The predicted octanol–water partition coefficient (Wildman–Crippen LogP) is 5.25. The molecule has 1 atom stereocenters. The van der Waals surface area contributed by atoms with Crippen LogP contribution in [0.5, 0.6) is 5.75 Å². The first-order chi connectivity index (χ1) is 29.9. The third-order valence-electron chi connectivity index (χ3n) is 12.2. The van der Waals surface area contributed by atoms with Crippen LogP contribution in [0.1, 0.15) is 48.0 Å². The molecule has 4 amide bonds. The summed E-state index contributed by atoms with van der Waals surface area (Å²) in [5.74, 6) is 0.487. The number of fused-ring (bicyclic) bond motifs is 1. The third kappa shape index (κ3) is 9.37. The molecule has 4 aromatic rings. The van der Waals surface area contributed by atoms with Crippen LogP contribution in [0.15, 0.2) is 66.9 Å². The lowest BCUT2D eigenvalue weighted by Crippen LogP contribution is -2.54. The van der Waals surface area contributed by atoms with E-state index in [0.717, 1.165) is 56.0 Å². The van der Waals surface area contributed by atoms with E-state index >= 15 is 0 Å². The fourth-order valence-electron chi connectivity index (χ4n) is 8.83. The van der Waals surface area contributed by atoms with E-state index in [2.05, 4.69) is 47.1 Å². The van der Waals surface area contributed by atoms with Gasteiger partial charge in [0.05, 0.1) is 24.7 Å². The Bertz CT molecular complexity index is 2410. The van der Waals surface area contributed by atoms with Crippen LogP contribution in [0.3, 0.4) is 0 Å². The molecular weight excluding hydrogens is 831 g/mol. The number of hydrogen-bond acceptors (Lipinski definition) is 13. The number of aromatic nitrogens is 2. The number of hydrogen-bond donors (Lipinski definition) is 4. The van der Waals surface area contributed by atoms with E-state index in [1.54, 1.807) is 32.6 Å². The minimum Gasteiger partial charge on any atom is -0.494 e. The van der Waals surface area contributed by atoms with Gasteiger partial charge in [-0.3, -0.25) is 29.4 Å². The van der Waals surface area contributed by atoms with Crippen LogP contribution in [0.4, 0.5) is 34.5 Å². The van der Waals surface area contributed by atoms with Gasteiger partial charge in [0.2, 0.25) is 23.7 Å². The van der Waals surface area contributed by atoms with Crippen molar-refractivity contribution in [1.29, 1.82) is 0 Å². The Hall–Kier alpha value is -5.70. The van der Waals surface area contributed by atoms with Gasteiger partial charge in [0, 0.05) is 105 Å². The number of piperidine rings is 2. The second-order valence-corrected chi connectivity index (χ2v) is 20.0. The lowest BCUT2D eigenvalue weighted by atomic mass is 10.0. The van der Waals surface area contributed by atoms with Crippen molar-refractivity contribution in [3.05, 3.63) is 83.0 Å². The lowest BCUT2D eigenvalue weighted by Gasteiger charge is -2.43. The number of nitrogens with zero attached hydrogens (tertiary/aromatic N) is 6. The molecular formula is C44H52ClN10O6P. The van der Waals surface area contributed by atoms with Gasteiger partial charge in [0.1, 0.15) is 24.0 Å². The molecule has 4 aliphatic heterocycles. The van der Waals surface area contributed by atoms with Crippen molar-refractivity contribution in [1.82, 2.24) is 30.0 Å². The summed E-state index contributed by atoms with van der Waals surface area (Å²) in [6.07, 6.45) is 4.38. The molecule has 4 aliphatic rings. The van der Waals surface area contributed by atoms with Gasteiger partial charge in [0.25, 0.3) is 5.91 Å². The minimum atomic E-state index is -2.56. The molecule has 4 N–H and O–H groups in total. The summed E-state index contributed by atoms with van der Waals surface area (Å²) in [5, 5.41) is 13.3. The molecule has 62 heavy (non-hydrogen) atoms. The third-order valence-corrected chi connectivity index (χ3v) is 14.0. The van der Waals surface area contributed by atoms with Gasteiger partial charge in [-0.05, 0) is 69.0 Å². The maximum atomic E-state index is 13.3. The van der Waals surface area contributed by atoms with Crippen molar-refractivity contribution in [3.8, 4) is 5.75 Å². The number of rotatable bonds is 13. The van der Waals surface area contributed by atoms with E-state index in [1.165, 1.54) is 11.1 Å². The average molecular weight is 883 g/mol. The topological polar surface area (TPSA) is 181 Å². The summed E-state index contributed by atoms with van der Waals surface area (Å²) in [6, 6.07) is 18.7. The van der Waals surface area contributed by atoms with Gasteiger partial charge >= 0.3 is 0 Å². The molecule has 3 aromatic carbocycles. The predicted molar refractivity (Wildman–Crippen MR) is 241 cm³/mol. The number of halogens is 1. The highest BCUT2D eigenvalue weighted by molar-refractivity contribution is 7.70. The number of carbonyl (C=O) groups excluding carboxylic acids is 4. The van der Waals surface area contributed by atoms with Gasteiger partial charge in [-0.2, -0.15) is 4.98 Å². The molecule has 8 rings (SSSR count). The number of anilines is 6. The Morgan fingerprint density at radius 1 is 0.919 bits per heavy atom. The highest BCUT2D eigenvalue weighted by atomic mass is 35.5. The fraction of sp³-hybridized carbons (Fsp3) is 0.409. The van der Waals surface area contributed by atoms with Gasteiger partial charge in [-0.1, -0.05) is 29.8 Å². The highest BCUT2D eigenvalue weighted by Gasteiger charge is 2.40. The average Bonchev–Trinajstić information content (AvgIpc) is 3.61. The minimum absolute atomic E-state index is 0.0965. The van der Waals surface area contributed by atoms with Crippen LogP contribution in [-0.4, -0.2) is 127 Å². The molecule has 1 unspecified atom stereocenters. The molecule has 3 fully saturated rings. The molecule has 326 valence electrons. The maximum Gasteiger partial charge on any atom is 0.255 e. The monoisotopic (exact) mass is 882 g/mol. The van der Waals surface area contributed by atoms with Crippen LogP contribution in [0.25, 0.3) is 0 Å². The van der Waals surface area contributed by atoms with Crippen molar-refractivity contribution in [2.45, 2.75) is 50.7 Å². The quantitative estimate of drug-likeness (QED) is 0.101. The molecule has 16 nitrogen and oxygen atoms in total. The zero-order valence-electron chi connectivity index (χ0n) is 35.2. The van der Waals surface area contributed by atoms with Crippen molar-refractivity contribution in [3.63, 3.8) is 0 Å². The summed E-state index contributed by atoms with van der Waals surface area (Å²) < 4.78 is 18.7. The SMILES string of the molecule is COc1cc(N2CCC(N3CCN(C(=O)CCNc4cccc5c4CN(C4CCC(=O)NC4=O)C5=O)CC3)CC2)ccc1Nc1ncc(Cl)c(Nc2ccccc2P(C)(C)=O)n1. The van der Waals surface area contributed by atoms with Gasteiger partial charge < -0.3 is 40.0 Å². The highest BCUT2D eigenvalue weighted by Crippen LogP contribution is 2.39. The molecule has 1 aromatic heterocycles. The van der Waals surface area contributed by atoms with E-state index in [-0.39, 0.29) is 30.7 Å². The van der Waals surface area contributed by atoms with E-state index in [4.69, 9.17) is 16.3 Å². The zero-order chi connectivity index (χ0) is 43.5. The Labute approximate surface area is 366 Å². The normalized spacial score (nSPS) is 18.7. The van der Waals surface area contributed by atoms with Crippen LogP contribution in [-0.2, 0) is 25.5 Å². The Morgan fingerprint density at radius 3 is 2.42 bits per heavy atom. The van der Waals surface area contributed by atoms with Crippen molar-refractivity contribution in [2.24, 2.45) is 0 Å². The number of ether oxygens (including phenoxy) is 1. The lowest BCUT2D eigenvalue weighted by molar-refractivity contribution is -0.137. The van der Waals surface area contributed by atoms with Crippen LogP contribution >= 0.6 is 18.7 Å². The van der Waals surface area contributed by atoms with Gasteiger partial charge in [-0.25, -0.2) is 4.98 Å². The molecule has 18 heteroatoms. The number of para-hydroxylation sites is 1. The summed E-state index contributed by atoms with van der Waals surface area (Å²) in [5.41, 5.74) is 4.57. The first kappa shape index (κ1) is 43.0. The Morgan fingerprint density at radius 2 is 1.68 bits per heavy atom. The summed E-state index contributed by atoms with van der Waals surface area (Å²) in [7, 11) is -0.925. The number of amides is 4. The van der Waals surface area contributed by atoms with E-state index in [1.807, 2.05) is 47.4 Å². The van der Waals surface area contributed by atoms with Crippen LogP contribution < -0.4 is 36.2 Å². The first-order valence-electron chi connectivity index (χ1n) is 21.0. The number of piperazine rings is 1. The smallest absolute Gasteiger partial charge is 0.255 e. The number of nitrogens with one attached hydrogen (secondary N) is 4. The summed E-state index contributed by atoms with van der Waals surface area (Å²) >= 11 is 6.48. The molecule has 0 aliphatic carbocycles. The Kier molecular flexibility index (Phi) is 12.7. The van der Waals surface area contributed by atoms with Crippen molar-refractivity contribution in [2.75, 3.05) is 87.1 Å². The summed E-state index contributed by atoms with van der Waals surface area (Å²) in [4.78, 5) is 68.0. The van der Waals surface area contributed by atoms with Crippen molar-refractivity contribution < 1.29 is 28.5 Å². The molecule has 0 spiro atoms. The standard InChI is InChI=1S/C44H52ClN10O6P/c1-61-37-25-29(11-12-34(37)49-44-47-26-32(45)41(51-44)48-35-8-4-5-10-38(35)62(2,3)60)52-19-16-28(17-20-52)53-21-23-54(24-22-53)40(57)15-18-46-33-9-6-7-30-31(33)27-55(43(30)59)36-13-14-39(56)50-42(36)58/h4-12,25-26,28,36,46H,13-24,27H2,1-3H3,(H,50,56,58)(H2,47,48,49,51). The molecule has 5 heterocycles. The van der Waals surface area contributed by atoms with Crippen molar-refractivity contribution >= 4 is 82.2 Å². The van der Waals surface area contributed by atoms with Crippen LogP contribution in [0.2, 0.25) is 5.02 Å². The first-order valence-corrected chi connectivity index (χ1v) is 24.0. The van der Waals surface area contributed by atoms with Gasteiger partial charge in [-0.15, -0.1) is 0 Å². The van der Waals surface area contributed by atoms with E-state index in [9.17, 15) is 23.7 Å². The van der Waals surface area contributed by atoms with Crippen LogP contribution in [0, 0.1) is 0 Å². The second-order valence-electron chi connectivity index (χ2n) is 16.4. The molecule has 0 radical (unpaired) electrons. The number of methoxy groups -OCH3 is 1. The molecule has 0 saturated carbocycles. The molecule has 3 saturated heterocycles. The second kappa shape index (κ2) is 18.3. The maximum absolute atomic E-state index is 13.3. The number of carbonyl (C=O) groups is 4. The summed E-state index contributed by atoms with van der Waals surface area (Å²) in [6.45, 7) is 8.97.